The molecule has 2 rings (SSSR count). The molecule has 2 atom stereocenters. The summed E-state index contributed by atoms with van der Waals surface area (Å²) in [5.74, 6) is -2.85. The monoisotopic (exact) mass is 342 g/mol. The van der Waals surface area contributed by atoms with Crippen molar-refractivity contribution in [1.82, 2.24) is 0 Å². The Morgan fingerprint density at radius 2 is 1.79 bits per heavy atom. The average Bonchev–Trinajstić information content (AvgIpc) is 2.61. The third-order valence-electron chi connectivity index (χ3n) is 3.43. The third-order valence-corrected chi connectivity index (χ3v) is 3.43. The molecule has 0 aliphatic carbocycles. The Bertz CT molecular complexity index is 528. The van der Waals surface area contributed by atoms with E-state index in [9.17, 15) is 14.7 Å². The molecule has 9 heteroatoms. The van der Waals surface area contributed by atoms with Crippen molar-refractivity contribution in [3.05, 3.63) is 24.3 Å². The first-order valence-corrected chi connectivity index (χ1v) is 7.38. The van der Waals surface area contributed by atoms with E-state index in [0.717, 1.165) is 18.8 Å². The Hall–Kier alpha value is -2.36. The van der Waals surface area contributed by atoms with Crippen LogP contribution in [-0.4, -0.2) is 72.8 Å². The molecule has 24 heavy (non-hydrogen) atoms. The molecule has 1 aliphatic rings. The maximum atomic E-state index is 9.74. The number of aliphatic carboxylic acids is 2. The van der Waals surface area contributed by atoms with Gasteiger partial charge in [-0.3, -0.25) is 0 Å². The number of hydrogen-bond acceptors (Lipinski definition) is 7. The number of anilines is 1. The standard InChI is InChI=1S/C11H16N2O.C4H6O6/c1-14-11-5-3-2-4-10(11)13-8-6-12-7-9-13;5-1(3(7)8)2(6)4(9)10/h2-5,12H,6-9H2,1H3;1-2,5-6H,(H,7,8)(H,9,10). The predicted molar refractivity (Wildman–Crippen MR) is 81.5 cm³/mol. The molecule has 0 saturated carbocycles. The van der Waals surface area contributed by atoms with Gasteiger partial charge in [-0.05, 0) is 12.1 Å². The van der Waals surface area contributed by atoms with Crippen LogP contribution in [0.5, 0.6) is 5.75 Å². The molecule has 0 spiro atoms. The van der Waals surface area contributed by atoms with Crippen LogP contribution >= 0.6 is 0 Å². The molecule has 0 amide bonds. The molecule has 1 heterocycles. The third kappa shape index (κ3) is 5.69. The van der Waals surface area contributed by atoms with Crippen LogP contribution in [0.4, 0.5) is 5.69 Å². The van der Waals surface area contributed by atoms with Crippen LogP contribution in [0.2, 0.25) is 0 Å². The number of piperazine rings is 1. The van der Waals surface area contributed by atoms with E-state index in [-0.39, 0.29) is 0 Å². The fourth-order valence-corrected chi connectivity index (χ4v) is 2.15. The molecule has 5 N–H and O–H groups in total. The SMILES string of the molecule is COc1ccccc1N1CC[NH2+]CC1.O=C([O-])C(O)C(O)C(=O)O. The first-order chi connectivity index (χ1) is 11.4. The molecule has 0 radical (unpaired) electrons. The number of hydrogen-bond donors (Lipinski definition) is 4. The van der Waals surface area contributed by atoms with E-state index in [0.29, 0.717) is 0 Å². The van der Waals surface area contributed by atoms with Crippen LogP contribution in [-0.2, 0) is 9.59 Å². The van der Waals surface area contributed by atoms with E-state index in [1.807, 2.05) is 12.1 Å². The number of quaternary nitrogens is 1. The summed E-state index contributed by atoms with van der Waals surface area (Å²) in [5, 5.41) is 36.5. The second kappa shape index (κ2) is 9.71. The van der Waals surface area contributed by atoms with Crippen molar-refractivity contribution in [1.29, 1.82) is 0 Å². The number of ether oxygens (including phenoxy) is 1. The van der Waals surface area contributed by atoms with E-state index >= 15 is 0 Å². The van der Waals surface area contributed by atoms with Crippen LogP contribution in [0, 0.1) is 0 Å². The van der Waals surface area contributed by atoms with Crippen LogP contribution in [0.1, 0.15) is 0 Å². The molecule has 0 aromatic heterocycles. The lowest BCUT2D eigenvalue weighted by atomic mass is 10.2. The summed E-state index contributed by atoms with van der Waals surface area (Å²) in [6.45, 7) is 4.58. The number of benzene rings is 1. The van der Waals surface area contributed by atoms with E-state index in [4.69, 9.17) is 20.1 Å². The number of nitrogens with zero attached hydrogens (tertiary/aromatic N) is 1. The molecule has 2 unspecified atom stereocenters. The zero-order chi connectivity index (χ0) is 18.1. The van der Waals surface area contributed by atoms with E-state index < -0.39 is 24.1 Å². The summed E-state index contributed by atoms with van der Waals surface area (Å²) in [5.41, 5.74) is 1.23. The number of aliphatic hydroxyl groups excluding tert-OH is 2. The van der Waals surface area contributed by atoms with Crippen molar-refractivity contribution in [2.75, 3.05) is 38.2 Å². The zero-order valence-electron chi connectivity index (χ0n) is 13.3. The molecule has 0 bridgehead atoms. The first-order valence-electron chi connectivity index (χ1n) is 7.38. The average molecular weight is 342 g/mol. The van der Waals surface area contributed by atoms with Crippen molar-refractivity contribution < 1.29 is 40.1 Å². The van der Waals surface area contributed by atoms with E-state index in [1.165, 1.54) is 18.8 Å². The number of carboxylic acid groups (broad SMARTS) is 2. The molecule has 1 aromatic carbocycles. The maximum Gasteiger partial charge on any atom is 0.335 e. The van der Waals surface area contributed by atoms with Gasteiger partial charge in [-0.15, -0.1) is 0 Å². The predicted octanol–water partition coefficient (Wildman–Crippen LogP) is -3.38. The Balaban J connectivity index is 0.000000257. The highest BCUT2D eigenvalue weighted by Crippen LogP contribution is 2.27. The topological polar surface area (TPSA) is 147 Å². The maximum absolute atomic E-state index is 9.74. The first kappa shape index (κ1) is 19.7. The number of carboxylic acids is 2. The van der Waals surface area contributed by atoms with Crippen molar-refractivity contribution in [3.8, 4) is 5.75 Å². The van der Waals surface area contributed by atoms with Gasteiger partial charge < -0.3 is 40.2 Å². The van der Waals surface area contributed by atoms with Gasteiger partial charge in [0.1, 0.15) is 11.9 Å². The fraction of sp³-hybridized carbons (Fsp3) is 0.467. The molecule has 134 valence electrons. The molecular weight excluding hydrogens is 320 g/mol. The highest BCUT2D eigenvalue weighted by molar-refractivity contribution is 5.82. The summed E-state index contributed by atoms with van der Waals surface area (Å²) in [4.78, 5) is 21.8. The van der Waals surface area contributed by atoms with Crippen LogP contribution in [0.3, 0.4) is 0 Å². The smallest absolute Gasteiger partial charge is 0.335 e. The Labute approximate surface area is 139 Å². The number of nitrogens with two attached hydrogens (primary N) is 1. The van der Waals surface area contributed by atoms with Gasteiger partial charge in [-0.25, -0.2) is 4.79 Å². The van der Waals surface area contributed by atoms with Gasteiger partial charge in [0.25, 0.3) is 0 Å². The molecule has 1 fully saturated rings. The summed E-state index contributed by atoms with van der Waals surface area (Å²) in [7, 11) is 1.73. The lowest BCUT2D eigenvalue weighted by molar-refractivity contribution is -0.655. The lowest BCUT2D eigenvalue weighted by Crippen LogP contribution is -2.89. The largest absolute Gasteiger partial charge is 0.547 e. The van der Waals surface area contributed by atoms with Gasteiger partial charge in [0.2, 0.25) is 0 Å². The van der Waals surface area contributed by atoms with E-state index in [1.54, 1.807) is 7.11 Å². The molecule has 9 nitrogen and oxygen atoms in total. The van der Waals surface area contributed by atoms with Crippen molar-refractivity contribution >= 4 is 17.6 Å². The second-order valence-corrected chi connectivity index (χ2v) is 5.07. The Morgan fingerprint density at radius 1 is 1.21 bits per heavy atom. The van der Waals surface area contributed by atoms with Crippen LogP contribution in [0.25, 0.3) is 0 Å². The van der Waals surface area contributed by atoms with Crippen LogP contribution in [0.15, 0.2) is 24.3 Å². The molecule has 1 aromatic rings. The number of aliphatic hydroxyl groups is 2. The number of methoxy groups -OCH3 is 1. The number of carbonyl (C=O) groups is 2. The highest BCUT2D eigenvalue weighted by atomic mass is 16.5. The summed E-state index contributed by atoms with van der Waals surface area (Å²) < 4.78 is 5.35. The van der Waals surface area contributed by atoms with E-state index in [2.05, 4.69) is 22.3 Å². The number of rotatable bonds is 5. The van der Waals surface area contributed by atoms with Crippen molar-refractivity contribution in [2.24, 2.45) is 0 Å². The fourth-order valence-electron chi connectivity index (χ4n) is 2.15. The van der Waals surface area contributed by atoms with Gasteiger partial charge in [-0.1, -0.05) is 12.1 Å². The summed E-state index contributed by atoms with van der Waals surface area (Å²) >= 11 is 0. The summed E-state index contributed by atoms with van der Waals surface area (Å²) in [6, 6.07) is 8.23. The Kier molecular flexibility index (Phi) is 7.96. The Morgan fingerprint density at radius 3 is 2.25 bits per heavy atom. The molecular formula is C15H22N2O7. The lowest BCUT2D eigenvalue weighted by Gasteiger charge is -2.28. The molecule has 1 aliphatic heterocycles. The minimum absolute atomic E-state index is 0.981. The van der Waals surface area contributed by atoms with Gasteiger partial charge in [-0.2, -0.15) is 0 Å². The van der Waals surface area contributed by atoms with Gasteiger partial charge in [0.15, 0.2) is 6.10 Å². The van der Waals surface area contributed by atoms with Crippen LogP contribution < -0.4 is 20.1 Å². The van der Waals surface area contributed by atoms with Gasteiger partial charge in [0.05, 0.1) is 44.9 Å². The second-order valence-electron chi connectivity index (χ2n) is 5.07. The minimum atomic E-state index is -2.38. The molecule has 1 saturated heterocycles. The number of carbonyl (C=O) groups excluding carboxylic acids is 1. The highest BCUT2D eigenvalue weighted by Gasteiger charge is 2.24. The van der Waals surface area contributed by atoms with Crippen molar-refractivity contribution in [3.63, 3.8) is 0 Å². The normalized spacial score (nSPS) is 16.4. The number of para-hydroxylation sites is 2. The quantitative estimate of drug-likeness (QED) is 0.433. The van der Waals surface area contributed by atoms with Crippen molar-refractivity contribution in [2.45, 2.75) is 12.2 Å². The summed E-state index contributed by atoms with van der Waals surface area (Å²) in [6.07, 6.45) is -4.71. The van der Waals surface area contributed by atoms with Gasteiger partial charge in [0, 0.05) is 0 Å². The zero-order valence-corrected chi connectivity index (χ0v) is 13.3. The minimum Gasteiger partial charge on any atom is -0.547 e. The van der Waals surface area contributed by atoms with Gasteiger partial charge >= 0.3 is 5.97 Å².